The Morgan fingerprint density at radius 3 is 2.59 bits per heavy atom. The monoisotopic (exact) mass is 234 g/mol. The molecule has 0 aromatic heterocycles. The Morgan fingerprint density at radius 2 is 2.00 bits per heavy atom. The van der Waals surface area contributed by atoms with Crippen molar-refractivity contribution in [1.29, 1.82) is 0 Å². The van der Waals surface area contributed by atoms with Gasteiger partial charge < -0.3 is 15.3 Å². The maximum atomic E-state index is 9.56. The van der Waals surface area contributed by atoms with Gasteiger partial charge in [-0.25, -0.2) is 0 Å². The van der Waals surface area contributed by atoms with Crippen LogP contribution in [-0.4, -0.2) is 21.9 Å². The van der Waals surface area contributed by atoms with Gasteiger partial charge in [0.2, 0.25) is 0 Å². The molecule has 0 spiro atoms. The van der Waals surface area contributed by atoms with Crippen molar-refractivity contribution in [1.82, 2.24) is 0 Å². The molecule has 17 heavy (non-hydrogen) atoms. The summed E-state index contributed by atoms with van der Waals surface area (Å²) in [6, 6.07) is 5.07. The van der Waals surface area contributed by atoms with Crippen LogP contribution in [0.3, 0.4) is 0 Å². The summed E-state index contributed by atoms with van der Waals surface area (Å²) in [6.45, 7) is 1.72. The first-order valence-corrected chi connectivity index (χ1v) is 5.56. The van der Waals surface area contributed by atoms with Crippen LogP contribution in [0.15, 0.2) is 36.4 Å². The van der Waals surface area contributed by atoms with Crippen LogP contribution in [0.25, 0.3) is 6.08 Å². The zero-order valence-corrected chi connectivity index (χ0v) is 9.87. The van der Waals surface area contributed by atoms with Gasteiger partial charge in [-0.05, 0) is 18.6 Å². The fraction of sp³-hybridized carbons (Fsp3) is 0.286. The van der Waals surface area contributed by atoms with Crippen LogP contribution in [0.4, 0.5) is 0 Å². The molecule has 3 heteroatoms. The van der Waals surface area contributed by atoms with Gasteiger partial charge in [0, 0.05) is 11.5 Å². The smallest absolute Gasteiger partial charge is 0.121 e. The molecule has 0 aliphatic rings. The van der Waals surface area contributed by atoms with Crippen LogP contribution in [-0.2, 0) is 6.61 Å². The van der Waals surface area contributed by atoms with Crippen molar-refractivity contribution in [2.24, 2.45) is 5.92 Å². The molecule has 1 aromatic carbocycles. The van der Waals surface area contributed by atoms with Gasteiger partial charge in [0.05, 0.1) is 13.2 Å². The minimum atomic E-state index is -0.209. The largest absolute Gasteiger partial charge is 0.508 e. The van der Waals surface area contributed by atoms with Crippen LogP contribution < -0.4 is 0 Å². The van der Waals surface area contributed by atoms with E-state index in [1.54, 1.807) is 18.2 Å². The molecular formula is C14H18O3. The Hall–Kier alpha value is -1.58. The number of benzene rings is 1. The van der Waals surface area contributed by atoms with Crippen molar-refractivity contribution in [2.75, 3.05) is 6.61 Å². The molecule has 0 unspecified atom stereocenters. The quantitative estimate of drug-likeness (QED) is 0.684. The van der Waals surface area contributed by atoms with Crippen LogP contribution in [0.5, 0.6) is 5.75 Å². The second kappa shape index (κ2) is 6.89. The lowest BCUT2D eigenvalue weighted by Crippen LogP contribution is -1.98. The Labute approximate surface area is 101 Å². The van der Waals surface area contributed by atoms with E-state index in [-0.39, 0.29) is 24.9 Å². The molecule has 0 radical (unpaired) electrons. The lowest BCUT2D eigenvalue weighted by atomic mass is 10.0. The summed E-state index contributed by atoms with van der Waals surface area (Å²) < 4.78 is 0. The molecule has 0 heterocycles. The van der Waals surface area contributed by atoms with E-state index < -0.39 is 0 Å². The fourth-order valence-electron chi connectivity index (χ4n) is 1.58. The molecule has 1 rings (SSSR count). The molecular weight excluding hydrogens is 216 g/mol. The maximum absolute atomic E-state index is 9.56. The van der Waals surface area contributed by atoms with Crippen molar-refractivity contribution < 1.29 is 15.3 Å². The van der Waals surface area contributed by atoms with Gasteiger partial charge in [0.25, 0.3) is 0 Å². The third-order valence-electron chi connectivity index (χ3n) is 2.52. The first-order valence-electron chi connectivity index (χ1n) is 5.56. The molecule has 3 nitrogen and oxygen atoms in total. The molecule has 0 aliphatic heterocycles. The molecule has 0 saturated heterocycles. The van der Waals surface area contributed by atoms with Crippen LogP contribution in [0.2, 0.25) is 0 Å². The van der Waals surface area contributed by atoms with E-state index in [2.05, 4.69) is 0 Å². The Kier molecular flexibility index (Phi) is 5.46. The summed E-state index contributed by atoms with van der Waals surface area (Å²) in [4.78, 5) is 0. The van der Waals surface area contributed by atoms with Crippen molar-refractivity contribution >= 4 is 6.08 Å². The van der Waals surface area contributed by atoms with E-state index in [0.29, 0.717) is 5.56 Å². The molecule has 1 atom stereocenters. The van der Waals surface area contributed by atoms with E-state index in [1.807, 2.05) is 31.2 Å². The van der Waals surface area contributed by atoms with Crippen molar-refractivity contribution in [3.63, 3.8) is 0 Å². The Bertz CT molecular complexity index is 408. The molecule has 3 N–H and O–H groups in total. The lowest BCUT2D eigenvalue weighted by Gasteiger charge is -2.06. The number of aliphatic hydroxyl groups is 2. The third-order valence-corrected chi connectivity index (χ3v) is 2.52. The van der Waals surface area contributed by atoms with E-state index in [4.69, 9.17) is 10.2 Å². The van der Waals surface area contributed by atoms with Crippen LogP contribution in [0, 0.1) is 5.92 Å². The summed E-state index contributed by atoms with van der Waals surface area (Å²) >= 11 is 0. The number of allylic oxidation sites excluding steroid dienone is 1. The van der Waals surface area contributed by atoms with Crippen molar-refractivity contribution in [2.45, 2.75) is 13.5 Å². The normalized spacial score (nSPS) is 13.6. The Balaban J connectivity index is 2.94. The van der Waals surface area contributed by atoms with Crippen LogP contribution in [0.1, 0.15) is 18.1 Å². The second-order valence-electron chi connectivity index (χ2n) is 3.73. The number of hydrogen-bond donors (Lipinski definition) is 3. The highest BCUT2D eigenvalue weighted by Crippen LogP contribution is 2.22. The van der Waals surface area contributed by atoms with E-state index in [1.165, 1.54) is 0 Å². The van der Waals surface area contributed by atoms with Gasteiger partial charge in [-0.15, -0.1) is 0 Å². The first kappa shape index (κ1) is 13.5. The highest BCUT2D eigenvalue weighted by atomic mass is 16.3. The van der Waals surface area contributed by atoms with Gasteiger partial charge in [0.1, 0.15) is 5.75 Å². The summed E-state index contributed by atoms with van der Waals surface area (Å²) in [5, 5.41) is 27.8. The van der Waals surface area contributed by atoms with Crippen LogP contribution >= 0.6 is 0 Å². The zero-order chi connectivity index (χ0) is 12.7. The second-order valence-corrected chi connectivity index (χ2v) is 3.73. The van der Waals surface area contributed by atoms with Crippen molar-refractivity contribution in [3.8, 4) is 5.75 Å². The number of rotatable bonds is 5. The van der Waals surface area contributed by atoms with Gasteiger partial charge in [-0.1, -0.05) is 36.4 Å². The highest BCUT2D eigenvalue weighted by molar-refractivity contribution is 5.57. The minimum absolute atomic E-state index is 0.0358. The molecule has 1 aromatic rings. The number of aliphatic hydroxyl groups excluding tert-OH is 2. The minimum Gasteiger partial charge on any atom is -0.508 e. The summed E-state index contributed by atoms with van der Waals surface area (Å²) in [5.41, 5.74) is 1.26. The van der Waals surface area contributed by atoms with Crippen molar-refractivity contribution in [3.05, 3.63) is 47.6 Å². The highest BCUT2D eigenvalue weighted by Gasteiger charge is 2.04. The lowest BCUT2D eigenvalue weighted by molar-refractivity contribution is 0.274. The number of hydrogen-bond acceptors (Lipinski definition) is 3. The molecule has 0 amide bonds. The van der Waals surface area contributed by atoms with E-state index in [0.717, 1.165) is 5.56 Å². The maximum Gasteiger partial charge on any atom is 0.121 e. The molecule has 0 aliphatic carbocycles. The summed E-state index contributed by atoms with van der Waals surface area (Å²) in [5.74, 6) is 0.0372. The van der Waals surface area contributed by atoms with Gasteiger partial charge >= 0.3 is 0 Å². The third kappa shape index (κ3) is 3.73. The molecule has 0 saturated carbocycles. The first-order chi connectivity index (χ1) is 8.22. The van der Waals surface area contributed by atoms with Gasteiger partial charge in [-0.2, -0.15) is 0 Å². The molecule has 0 bridgehead atoms. The number of aromatic hydroxyl groups is 1. The zero-order valence-electron chi connectivity index (χ0n) is 9.87. The fourth-order valence-corrected chi connectivity index (χ4v) is 1.58. The summed E-state index contributed by atoms with van der Waals surface area (Å²) in [7, 11) is 0. The standard InChI is InChI=1S/C14H18O3/c1-2-4-11(9-15)7-8-12-5-3-6-14(17)13(12)10-16/h2-8,11,15-17H,9-10H2,1H3/b4-2+,8-7+/t11-/m0/s1. The van der Waals surface area contributed by atoms with E-state index >= 15 is 0 Å². The molecule has 92 valence electrons. The Morgan fingerprint density at radius 1 is 1.24 bits per heavy atom. The average Bonchev–Trinajstić information content (AvgIpc) is 2.34. The molecule has 0 fully saturated rings. The average molecular weight is 234 g/mol. The predicted molar refractivity (Wildman–Crippen MR) is 68.5 cm³/mol. The topological polar surface area (TPSA) is 60.7 Å². The van der Waals surface area contributed by atoms with Gasteiger partial charge in [-0.3, -0.25) is 0 Å². The SMILES string of the molecule is C/C=C/[C@@H](/C=C/c1cccc(O)c1CO)CO. The summed E-state index contributed by atoms with van der Waals surface area (Å²) in [6.07, 6.45) is 7.40. The van der Waals surface area contributed by atoms with Gasteiger partial charge in [0.15, 0.2) is 0 Å². The predicted octanol–water partition coefficient (Wildman–Crippen LogP) is 2.08. The number of phenols is 1. The van der Waals surface area contributed by atoms with E-state index in [9.17, 15) is 5.11 Å².